The van der Waals surface area contributed by atoms with E-state index in [2.05, 4.69) is 15.9 Å². The molecule has 1 aromatic heterocycles. The quantitative estimate of drug-likeness (QED) is 0.898. The molecule has 20 heavy (non-hydrogen) atoms. The van der Waals surface area contributed by atoms with Gasteiger partial charge in [0.25, 0.3) is 5.91 Å². The van der Waals surface area contributed by atoms with Crippen molar-refractivity contribution >= 4 is 27.8 Å². The molecule has 2 atom stereocenters. The zero-order chi connectivity index (χ0) is 14.9. The van der Waals surface area contributed by atoms with Crippen molar-refractivity contribution in [2.75, 3.05) is 13.7 Å². The maximum atomic E-state index is 12.6. The molecular formula is C13H17BrN2O4. The monoisotopic (exact) mass is 344 g/mol. The van der Waals surface area contributed by atoms with Crippen LogP contribution in [0.5, 0.6) is 0 Å². The number of carboxylic acids is 1. The van der Waals surface area contributed by atoms with Crippen molar-refractivity contribution in [1.29, 1.82) is 0 Å². The number of carbonyl (C=O) groups is 2. The largest absolute Gasteiger partial charge is 0.481 e. The van der Waals surface area contributed by atoms with Crippen LogP contribution in [0.1, 0.15) is 23.3 Å². The number of amides is 1. The van der Waals surface area contributed by atoms with Crippen molar-refractivity contribution in [2.45, 2.75) is 25.0 Å². The van der Waals surface area contributed by atoms with Gasteiger partial charge in [0.2, 0.25) is 0 Å². The van der Waals surface area contributed by atoms with E-state index in [4.69, 9.17) is 9.84 Å². The summed E-state index contributed by atoms with van der Waals surface area (Å²) in [5.74, 6) is -1.07. The van der Waals surface area contributed by atoms with E-state index in [9.17, 15) is 9.59 Å². The van der Waals surface area contributed by atoms with E-state index in [1.807, 2.05) is 0 Å². The average Bonchev–Trinajstić information content (AvgIpc) is 2.91. The van der Waals surface area contributed by atoms with Gasteiger partial charge in [0, 0.05) is 37.4 Å². The van der Waals surface area contributed by atoms with Crippen molar-refractivity contribution in [3.63, 3.8) is 0 Å². The van der Waals surface area contributed by atoms with Crippen LogP contribution >= 0.6 is 15.9 Å². The summed E-state index contributed by atoms with van der Waals surface area (Å²) in [5, 5.41) is 8.97. The predicted octanol–water partition coefficient (Wildman–Crippen LogP) is 1.49. The average molecular weight is 345 g/mol. The molecule has 2 heterocycles. The third-order valence-electron chi connectivity index (χ3n) is 3.57. The third-order valence-corrected chi connectivity index (χ3v) is 4.00. The van der Waals surface area contributed by atoms with E-state index in [-0.39, 0.29) is 24.5 Å². The number of ether oxygens (including phenoxy) is 1. The Hall–Kier alpha value is -1.34. The van der Waals surface area contributed by atoms with Gasteiger partial charge < -0.3 is 19.3 Å². The Morgan fingerprint density at radius 2 is 2.25 bits per heavy atom. The first-order valence-corrected chi connectivity index (χ1v) is 7.09. The van der Waals surface area contributed by atoms with Gasteiger partial charge in [-0.25, -0.2) is 0 Å². The number of hydrogen-bond acceptors (Lipinski definition) is 3. The van der Waals surface area contributed by atoms with Gasteiger partial charge in [0.1, 0.15) is 5.69 Å². The number of aromatic nitrogens is 1. The minimum atomic E-state index is -0.905. The summed E-state index contributed by atoms with van der Waals surface area (Å²) in [6.07, 6.45) is 2.19. The molecule has 0 bridgehead atoms. The summed E-state index contributed by atoms with van der Waals surface area (Å²) >= 11 is 3.33. The van der Waals surface area contributed by atoms with Gasteiger partial charge in [0.05, 0.1) is 12.5 Å². The Bertz CT molecular complexity index is 528. The molecule has 1 saturated heterocycles. The first-order valence-electron chi connectivity index (χ1n) is 6.29. The van der Waals surface area contributed by atoms with E-state index < -0.39 is 5.97 Å². The summed E-state index contributed by atoms with van der Waals surface area (Å²) < 4.78 is 7.82. The molecule has 2 rings (SSSR count). The Labute approximate surface area is 125 Å². The summed E-state index contributed by atoms with van der Waals surface area (Å²) in [4.78, 5) is 25.1. The fourth-order valence-electron chi connectivity index (χ4n) is 2.57. The zero-order valence-electron chi connectivity index (χ0n) is 11.4. The van der Waals surface area contributed by atoms with E-state index in [1.165, 1.54) is 0 Å². The van der Waals surface area contributed by atoms with Crippen molar-refractivity contribution < 1.29 is 19.4 Å². The van der Waals surface area contributed by atoms with E-state index >= 15 is 0 Å². The van der Waals surface area contributed by atoms with Gasteiger partial charge in [0.15, 0.2) is 0 Å². The van der Waals surface area contributed by atoms with Crippen LogP contribution in [0.4, 0.5) is 0 Å². The third kappa shape index (κ3) is 3.04. The lowest BCUT2D eigenvalue weighted by Gasteiger charge is -2.23. The van der Waals surface area contributed by atoms with E-state index in [0.717, 1.165) is 4.47 Å². The lowest BCUT2D eigenvalue weighted by molar-refractivity contribution is -0.137. The Morgan fingerprint density at radius 1 is 1.55 bits per heavy atom. The molecule has 0 saturated carbocycles. The number of methoxy groups -OCH3 is 1. The standard InChI is InChI=1S/C13H17BrN2O4/c1-15-6-8(14)3-11(15)13(19)16-7-10(20-2)4-9(16)5-12(17)18/h3,6,9-10H,4-5,7H2,1-2H3,(H,17,18). The molecule has 0 aliphatic carbocycles. The number of hydrogen-bond donors (Lipinski definition) is 1. The number of aliphatic carboxylic acids is 1. The smallest absolute Gasteiger partial charge is 0.305 e. The number of aryl methyl sites for hydroxylation is 1. The first-order chi connectivity index (χ1) is 9.42. The van der Waals surface area contributed by atoms with Gasteiger partial charge in [-0.05, 0) is 28.4 Å². The second kappa shape index (κ2) is 5.97. The van der Waals surface area contributed by atoms with Crippen LogP contribution < -0.4 is 0 Å². The first kappa shape index (κ1) is 15.1. The molecule has 1 aromatic rings. The van der Waals surface area contributed by atoms with Gasteiger partial charge in [-0.1, -0.05) is 0 Å². The maximum absolute atomic E-state index is 12.6. The fourth-order valence-corrected chi connectivity index (χ4v) is 3.10. The van der Waals surface area contributed by atoms with Crippen molar-refractivity contribution in [1.82, 2.24) is 9.47 Å². The van der Waals surface area contributed by atoms with Gasteiger partial charge in [-0.2, -0.15) is 0 Å². The Balaban J connectivity index is 2.21. The van der Waals surface area contributed by atoms with Gasteiger partial charge in [-0.15, -0.1) is 0 Å². The predicted molar refractivity (Wildman–Crippen MR) is 75.6 cm³/mol. The van der Waals surface area contributed by atoms with E-state index in [1.54, 1.807) is 35.9 Å². The molecule has 0 aromatic carbocycles. The highest BCUT2D eigenvalue weighted by Crippen LogP contribution is 2.26. The number of halogens is 1. The summed E-state index contributed by atoms with van der Waals surface area (Å²) in [6, 6.07) is 1.42. The van der Waals surface area contributed by atoms with Gasteiger partial charge in [-0.3, -0.25) is 9.59 Å². The normalized spacial score (nSPS) is 22.2. The molecule has 1 aliphatic rings. The maximum Gasteiger partial charge on any atom is 0.305 e. The lowest BCUT2D eigenvalue weighted by Crippen LogP contribution is -2.38. The van der Waals surface area contributed by atoms with E-state index in [0.29, 0.717) is 18.7 Å². The summed E-state index contributed by atoms with van der Waals surface area (Å²) in [5.41, 5.74) is 0.531. The minimum Gasteiger partial charge on any atom is -0.481 e. The zero-order valence-corrected chi connectivity index (χ0v) is 13.0. The molecule has 1 aliphatic heterocycles. The van der Waals surface area contributed by atoms with Crippen LogP contribution in [0.3, 0.4) is 0 Å². The topological polar surface area (TPSA) is 71.8 Å². The van der Waals surface area contributed by atoms with Crippen LogP contribution in [-0.4, -0.2) is 52.3 Å². The summed E-state index contributed by atoms with van der Waals surface area (Å²) in [6.45, 7) is 0.427. The summed E-state index contributed by atoms with van der Waals surface area (Å²) in [7, 11) is 3.36. The van der Waals surface area contributed by atoms with Crippen LogP contribution in [0.2, 0.25) is 0 Å². The molecule has 1 fully saturated rings. The highest BCUT2D eigenvalue weighted by molar-refractivity contribution is 9.10. The van der Waals surface area contributed by atoms with Crippen molar-refractivity contribution in [3.05, 3.63) is 22.4 Å². The van der Waals surface area contributed by atoms with Crippen LogP contribution in [-0.2, 0) is 16.6 Å². The second-order valence-electron chi connectivity index (χ2n) is 4.96. The fraction of sp³-hybridized carbons (Fsp3) is 0.538. The lowest BCUT2D eigenvalue weighted by atomic mass is 10.1. The number of carboxylic acid groups (broad SMARTS) is 1. The molecule has 1 N–H and O–H groups in total. The number of rotatable bonds is 4. The van der Waals surface area contributed by atoms with Gasteiger partial charge >= 0.3 is 5.97 Å². The second-order valence-corrected chi connectivity index (χ2v) is 5.87. The molecule has 0 spiro atoms. The van der Waals surface area contributed by atoms with Crippen molar-refractivity contribution in [2.24, 2.45) is 7.05 Å². The molecule has 0 radical (unpaired) electrons. The Kier molecular flexibility index (Phi) is 4.49. The molecule has 1 amide bonds. The van der Waals surface area contributed by atoms with Crippen LogP contribution in [0.25, 0.3) is 0 Å². The molecule has 2 unspecified atom stereocenters. The molecule has 110 valence electrons. The highest BCUT2D eigenvalue weighted by Gasteiger charge is 2.37. The Morgan fingerprint density at radius 3 is 2.75 bits per heavy atom. The highest BCUT2D eigenvalue weighted by atomic mass is 79.9. The van der Waals surface area contributed by atoms with Crippen LogP contribution in [0.15, 0.2) is 16.7 Å². The molecule has 7 heteroatoms. The minimum absolute atomic E-state index is 0.0583. The molecular weight excluding hydrogens is 328 g/mol. The molecule has 6 nitrogen and oxygen atoms in total. The SMILES string of the molecule is COC1CC(CC(=O)O)N(C(=O)c2cc(Br)cn2C)C1. The number of carbonyl (C=O) groups excluding carboxylic acids is 1. The van der Waals surface area contributed by atoms with Crippen molar-refractivity contribution in [3.8, 4) is 0 Å². The number of likely N-dealkylation sites (tertiary alicyclic amines) is 1. The number of nitrogens with zero attached hydrogens (tertiary/aromatic N) is 2. The van der Waals surface area contributed by atoms with Crippen LogP contribution in [0, 0.1) is 0 Å².